The summed E-state index contributed by atoms with van der Waals surface area (Å²) in [5.41, 5.74) is 0. The first-order valence-electron chi connectivity index (χ1n) is 29.9. The van der Waals surface area contributed by atoms with Crippen molar-refractivity contribution in [2.75, 3.05) is 7.11 Å². The Bertz CT molecular complexity index is 1500. The molecule has 9 nitrogen and oxygen atoms in total. The third-order valence-corrected chi connectivity index (χ3v) is 17.4. The maximum Gasteiger partial charge on any atom is 0.305 e. The number of methoxy groups -OCH3 is 1. The van der Waals surface area contributed by atoms with Crippen LogP contribution in [0.25, 0.3) is 0 Å². The largest absolute Gasteiger partial charge is 0.481 e. The molecule has 7 saturated carbocycles. The maximum absolute atomic E-state index is 11.7. The molecule has 0 aromatic heterocycles. The number of hydrogen-bond donors (Lipinski definition) is 2. The Morgan fingerprint density at radius 1 is 0.417 bits per heavy atom. The highest BCUT2D eigenvalue weighted by Gasteiger charge is 2.37. The molecule has 410 valence electrons. The van der Waals surface area contributed by atoms with Gasteiger partial charge in [-0.2, -0.15) is 0 Å². The van der Waals surface area contributed by atoms with Crippen LogP contribution < -0.4 is 0 Å². The molecule has 9 heteroatoms. The van der Waals surface area contributed by atoms with E-state index in [0.717, 1.165) is 68.6 Å². The molecule has 7 rings (SSSR count). The fraction of sp³-hybridized carbons (Fsp3) is 0.810. The molecule has 7 fully saturated rings. The minimum absolute atomic E-state index is 0.0295. The van der Waals surface area contributed by atoms with E-state index in [4.69, 9.17) is 10.2 Å². The van der Waals surface area contributed by atoms with Crippen molar-refractivity contribution in [2.24, 2.45) is 59.2 Å². The Hall–Kier alpha value is -3.36. The SMILES string of the molecule is C1CCC(CC2CCCCC2)CC1.C1CCC(CC2CCCCC2)CC1.CC/C=C\CC1C(=O)CCC1CC(=O)O.CC/C=C\CC1C(=O)CCC1CC(=O)O.CC/C=C\CC1C(=O)CCC1CC(=O)OC. The van der Waals surface area contributed by atoms with E-state index in [0.29, 0.717) is 44.3 Å². The fourth-order valence-corrected chi connectivity index (χ4v) is 13.2. The molecule has 0 bridgehead atoms. The number of rotatable bonds is 19. The fourth-order valence-electron chi connectivity index (χ4n) is 13.2. The summed E-state index contributed by atoms with van der Waals surface area (Å²) in [6.45, 7) is 6.16. The third kappa shape index (κ3) is 26.2. The first-order chi connectivity index (χ1) is 34.9. The Morgan fingerprint density at radius 3 is 0.917 bits per heavy atom. The lowest BCUT2D eigenvalue weighted by molar-refractivity contribution is -0.142. The number of carboxylic acid groups (broad SMARTS) is 2. The van der Waals surface area contributed by atoms with Crippen LogP contribution in [0.5, 0.6) is 0 Å². The highest BCUT2D eigenvalue weighted by molar-refractivity contribution is 5.85. The molecule has 2 N–H and O–H groups in total. The molecule has 7 aliphatic rings. The minimum atomic E-state index is -0.792. The Labute approximate surface area is 438 Å². The van der Waals surface area contributed by atoms with E-state index < -0.39 is 11.9 Å². The number of aliphatic carboxylic acids is 2. The lowest BCUT2D eigenvalue weighted by Gasteiger charge is -2.28. The summed E-state index contributed by atoms with van der Waals surface area (Å²) in [6, 6.07) is 0. The van der Waals surface area contributed by atoms with Crippen molar-refractivity contribution >= 4 is 35.3 Å². The van der Waals surface area contributed by atoms with Crippen molar-refractivity contribution in [3.05, 3.63) is 36.5 Å². The van der Waals surface area contributed by atoms with Gasteiger partial charge in [0, 0.05) is 56.3 Å². The van der Waals surface area contributed by atoms with Gasteiger partial charge in [-0.05, 0) is 112 Å². The normalized spacial score (nSPS) is 26.6. The zero-order valence-corrected chi connectivity index (χ0v) is 46.2. The summed E-state index contributed by atoms with van der Waals surface area (Å²) in [4.78, 5) is 67.1. The molecule has 0 saturated heterocycles. The van der Waals surface area contributed by atoms with E-state index in [1.54, 1.807) is 64.2 Å². The van der Waals surface area contributed by atoms with Crippen molar-refractivity contribution < 1.29 is 43.7 Å². The topological polar surface area (TPSA) is 152 Å². The molecule has 72 heavy (non-hydrogen) atoms. The van der Waals surface area contributed by atoms with E-state index >= 15 is 0 Å². The second kappa shape index (κ2) is 38.2. The number of carboxylic acids is 2. The lowest BCUT2D eigenvalue weighted by Crippen LogP contribution is -2.18. The summed E-state index contributed by atoms with van der Waals surface area (Å²) < 4.78 is 4.65. The molecule has 0 aromatic carbocycles. The second-order valence-corrected chi connectivity index (χ2v) is 22.9. The lowest BCUT2D eigenvalue weighted by atomic mass is 9.78. The smallest absolute Gasteiger partial charge is 0.305 e. The number of carbonyl (C=O) groups is 6. The van der Waals surface area contributed by atoms with Crippen LogP contribution in [-0.2, 0) is 33.5 Å². The predicted octanol–water partition coefficient (Wildman–Crippen LogP) is 16.4. The maximum atomic E-state index is 11.7. The number of allylic oxidation sites excluding steroid dienone is 6. The average molecular weight is 1010 g/mol. The number of ketones is 3. The van der Waals surface area contributed by atoms with Crippen molar-refractivity contribution in [1.82, 2.24) is 0 Å². The second-order valence-electron chi connectivity index (χ2n) is 22.9. The molecule has 0 spiro atoms. The van der Waals surface area contributed by atoms with E-state index in [9.17, 15) is 28.8 Å². The van der Waals surface area contributed by atoms with Crippen LogP contribution in [-0.4, -0.2) is 52.6 Å². The summed E-state index contributed by atoms with van der Waals surface area (Å²) in [6.07, 6.45) is 55.9. The van der Waals surface area contributed by atoms with Crippen LogP contribution in [0.3, 0.4) is 0 Å². The number of ether oxygens (including phenoxy) is 1. The van der Waals surface area contributed by atoms with Gasteiger partial charge in [0.2, 0.25) is 0 Å². The molecule has 0 heterocycles. The number of carbonyl (C=O) groups excluding carboxylic acids is 4. The van der Waals surface area contributed by atoms with Crippen molar-refractivity contribution in [2.45, 2.75) is 258 Å². The van der Waals surface area contributed by atoms with Crippen LogP contribution in [0.2, 0.25) is 0 Å². The third-order valence-electron chi connectivity index (χ3n) is 17.4. The molecule has 0 aliphatic heterocycles. The van der Waals surface area contributed by atoms with Gasteiger partial charge < -0.3 is 14.9 Å². The van der Waals surface area contributed by atoms with E-state index in [2.05, 4.69) is 23.8 Å². The van der Waals surface area contributed by atoms with E-state index in [1.807, 2.05) is 38.2 Å². The highest BCUT2D eigenvalue weighted by Crippen LogP contribution is 2.38. The first kappa shape index (κ1) is 62.9. The summed E-state index contributed by atoms with van der Waals surface area (Å²) >= 11 is 0. The molecular formula is C63H104O9. The Kier molecular flexibility index (Phi) is 33.4. The molecule has 0 aromatic rings. The molecule has 0 amide bonds. The summed E-state index contributed by atoms with van der Waals surface area (Å²) in [5.74, 6) is 3.69. The predicted molar refractivity (Wildman–Crippen MR) is 292 cm³/mol. The highest BCUT2D eigenvalue weighted by atomic mass is 16.5. The quantitative estimate of drug-likeness (QED) is 0.0951. The molecule has 6 atom stereocenters. The van der Waals surface area contributed by atoms with Crippen molar-refractivity contribution in [3.8, 4) is 0 Å². The minimum Gasteiger partial charge on any atom is -0.481 e. The average Bonchev–Trinajstić information content (AvgIpc) is 4.04. The van der Waals surface area contributed by atoms with Gasteiger partial charge in [0.15, 0.2) is 0 Å². The van der Waals surface area contributed by atoms with E-state index in [1.165, 1.54) is 84.2 Å². The summed E-state index contributed by atoms with van der Waals surface area (Å²) in [5, 5.41) is 17.4. The van der Waals surface area contributed by atoms with Gasteiger partial charge in [-0.25, -0.2) is 0 Å². The van der Waals surface area contributed by atoms with Gasteiger partial charge >= 0.3 is 17.9 Å². The van der Waals surface area contributed by atoms with Crippen molar-refractivity contribution in [1.29, 1.82) is 0 Å². The monoisotopic (exact) mass is 1000 g/mol. The molecule has 7 aliphatic carbocycles. The van der Waals surface area contributed by atoms with Gasteiger partial charge in [0.05, 0.1) is 7.11 Å². The molecular weight excluding hydrogens is 901 g/mol. The van der Waals surface area contributed by atoms with Gasteiger partial charge in [0.25, 0.3) is 0 Å². The Balaban J connectivity index is 0.000000238. The van der Waals surface area contributed by atoms with Crippen LogP contribution in [0, 0.1) is 59.2 Å². The first-order valence-corrected chi connectivity index (χ1v) is 29.9. The number of Topliss-reactive ketones (excluding diaryl/α,β-unsaturated/α-hetero) is 3. The molecule has 0 radical (unpaired) electrons. The number of esters is 1. The van der Waals surface area contributed by atoms with Gasteiger partial charge in [0.1, 0.15) is 17.3 Å². The number of hydrogen-bond acceptors (Lipinski definition) is 7. The zero-order chi connectivity index (χ0) is 52.4. The van der Waals surface area contributed by atoms with Gasteiger partial charge in [-0.3, -0.25) is 28.8 Å². The van der Waals surface area contributed by atoms with Crippen LogP contribution in [0.4, 0.5) is 0 Å². The van der Waals surface area contributed by atoms with Gasteiger partial charge in [-0.1, -0.05) is 186 Å². The Morgan fingerprint density at radius 2 is 0.681 bits per heavy atom. The molecule has 6 unspecified atom stereocenters. The van der Waals surface area contributed by atoms with Crippen LogP contribution >= 0.6 is 0 Å². The van der Waals surface area contributed by atoms with Gasteiger partial charge in [-0.15, -0.1) is 0 Å². The van der Waals surface area contributed by atoms with Crippen LogP contribution in [0.1, 0.15) is 258 Å². The standard InChI is InChI=1S/C13H20O3.2C13H24.2C12H18O3/c1-3-4-5-6-11-10(7-8-12(11)14)9-13(15)16-2;2*1-3-7-12(8-4-1)11-13-9-5-2-6-10-13;2*1-2-3-4-5-10-9(8-12(14)15)6-7-11(10)13/h4-5,10-11H,3,6-9H2,1-2H3;2*12-13H,1-11H2;2*3-4,9-10H,2,5-8H2,1H3,(H,14,15)/b5-4-;;;2*4-3-. The summed E-state index contributed by atoms with van der Waals surface area (Å²) in [7, 11) is 1.39. The van der Waals surface area contributed by atoms with E-state index in [-0.39, 0.29) is 65.9 Å². The zero-order valence-electron chi connectivity index (χ0n) is 46.2. The van der Waals surface area contributed by atoms with Crippen molar-refractivity contribution in [3.63, 3.8) is 0 Å². The van der Waals surface area contributed by atoms with Crippen LogP contribution in [0.15, 0.2) is 36.5 Å².